The van der Waals surface area contributed by atoms with Crippen LogP contribution in [-0.2, 0) is 19.1 Å². The van der Waals surface area contributed by atoms with E-state index >= 15 is 0 Å². The van der Waals surface area contributed by atoms with Crippen LogP contribution in [0.2, 0.25) is 0 Å². The molecule has 2 aromatic carbocycles. The molecule has 3 aromatic rings. The predicted octanol–water partition coefficient (Wildman–Crippen LogP) is 3.75. The van der Waals surface area contributed by atoms with Gasteiger partial charge in [-0.25, -0.2) is 14.8 Å². The number of aliphatic hydroxyl groups excluding tert-OH is 1. The zero-order valence-electron chi connectivity index (χ0n) is 26.6. The van der Waals surface area contributed by atoms with E-state index in [4.69, 9.17) is 9.47 Å². The molecule has 0 aliphatic carbocycles. The maximum absolute atomic E-state index is 13.8. The predicted molar refractivity (Wildman–Crippen MR) is 169 cm³/mol. The van der Waals surface area contributed by atoms with Gasteiger partial charge in [0, 0.05) is 38.2 Å². The number of rotatable bonds is 10. The van der Waals surface area contributed by atoms with E-state index in [0.29, 0.717) is 11.1 Å². The van der Waals surface area contributed by atoms with Crippen LogP contribution in [0.25, 0.3) is 11.4 Å². The second-order valence-electron chi connectivity index (χ2n) is 11.8. The fourth-order valence-electron chi connectivity index (χ4n) is 4.93. The Morgan fingerprint density at radius 1 is 0.913 bits per heavy atom. The monoisotopic (exact) mass is 631 g/mol. The summed E-state index contributed by atoms with van der Waals surface area (Å²) in [5.74, 6) is -1.35. The molecule has 3 amide bonds. The molecule has 1 aliphatic rings. The highest BCUT2D eigenvalue weighted by atomic mass is 16.6. The summed E-state index contributed by atoms with van der Waals surface area (Å²) in [6.45, 7) is 8.22. The van der Waals surface area contributed by atoms with Gasteiger partial charge in [-0.05, 0) is 45.7 Å². The number of esters is 1. The van der Waals surface area contributed by atoms with Crippen molar-refractivity contribution in [1.29, 1.82) is 0 Å². The maximum atomic E-state index is 13.8. The Labute approximate surface area is 268 Å². The Morgan fingerprint density at radius 3 is 2.13 bits per heavy atom. The molecule has 2 heterocycles. The summed E-state index contributed by atoms with van der Waals surface area (Å²) in [6.07, 6.45) is -1.73. The van der Waals surface area contributed by atoms with Gasteiger partial charge in [0.1, 0.15) is 23.4 Å². The van der Waals surface area contributed by atoms with E-state index in [1.54, 1.807) is 69.0 Å². The highest BCUT2D eigenvalue weighted by Crippen LogP contribution is 2.24. The van der Waals surface area contributed by atoms with Crippen LogP contribution in [-0.4, -0.2) is 93.2 Å². The van der Waals surface area contributed by atoms with E-state index in [9.17, 15) is 24.3 Å². The number of aliphatic hydroxyl groups is 1. The second-order valence-corrected chi connectivity index (χ2v) is 11.8. The average Bonchev–Trinajstić information content (AvgIpc) is 3.05. The van der Waals surface area contributed by atoms with Crippen LogP contribution in [0.15, 0.2) is 66.7 Å². The molecule has 12 nitrogen and oxygen atoms in total. The largest absolute Gasteiger partial charge is 0.460 e. The van der Waals surface area contributed by atoms with Gasteiger partial charge in [-0.15, -0.1) is 0 Å². The number of carbonyl (C=O) groups excluding carboxylic acids is 4. The molecule has 244 valence electrons. The molecule has 0 bridgehead atoms. The molecule has 1 saturated heterocycles. The standard InChI is InChI=1S/C34H41N5O7/c1-5-45-33(44)39-20-18-38(19-21-39)32(43)25(16-17-28(40)46-34(2,3)4)37-31(42)27-22-26(29(41)23-12-8-6-9-13-23)35-30(36-27)24-14-10-7-11-15-24/h6-15,22,25,29,41H,5,16-21H2,1-4H3,(H,37,42)/t25-,29?/m0/s1. The normalized spacial score (nSPS) is 14.6. The number of benzene rings is 2. The van der Waals surface area contributed by atoms with Gasteiger partial charge in [-0.1, -0.05) is 60.7 Å². The van der Waals surface area contributed by atoms with E-state index in [0.717, 1.165) is 0 Å². The minimum atomic E-state index is -1.14. The third-order valence-electron chi connectivity index (χ3n) is 7.18. The van der Waals surface area contributed by atoms with Crippen LogP contribution in [0.1, 0.15) is 68.4 Å². The van der Waals surface area contributed by atoms with Crippen molar-refractivity contribution in [2.24, 2.45) is 0 Å². The molecule has 1 unspecified atom stereocenters. The summed E-state index contributed by atoms with van der Waals surface area (Å²) in [5.41, 5.74) is 0.654. The lowest BCUT2D eigenvalue weighted by Gasteiger charge is -2.36. The first-order valence-electron chi connectivity index (χ1n) is 15.4. The van der Waals surface area contributed by atoms with Crippen molar-refractivity contribution in [3.8, 4) is 11.4 Å². The number of nitrogens with one attached hydrogen (secondary N) is 1. The van der Waals surface area contributed by atoms with Crippen molar-refractivity contribution in [3.63, 3.8) is 0 Å². The number of piperazine rings is 1. The fourth-order valence-corrected chi connectivity index (χ4v) is 4.93. The van der Waals surface area contributed by atoms with Crippen LogP contribution in [0, 0.1) is 0 Å². The number of ether oxygens (including phenoxy) is 2. The van der Waals surface area contributed by atoms with Crippen molar-refractivity contribution in [2.45, 2.75) is 58.3 Å². The Morgan fingerprint density at radius 2 is 1.52 bits per heavy atom. The van der Waals surface area contributed by atoms with Crippen LogP contribution in [0.4, 0.5) is 4.79 Å². The zero-order chi connectivity index (χ0) is 33.3. The quantitative estimate of drug-likeness (QED) is 0.319. The molecular formula is C34H41N5O7. The zero-order valence-corrected chi connectivity index (χ0v) is 26.6. The molecule has 4 rings (SSSR count). The Hall–Kier alpha value is -4.84. The summed E-state index contributed by atoms with van der Waals surface area (Å²) in [4.78, 5) is 64.4. The van der Waals surface area contributed by atoms with Crippen LogP contribution in [0.5, 0.6) is 0 Å². The topological polar surface area (TPSA) is 151 Å². The first-order valence-corrected chi connectivity index (χ1v) is 15.4. The molecule has 1 fully saturated rings. The average molecular weight is 632 g/mol. The summed E-state index contributed by atoms with van der Waals surface area (Å²) in [6, 6.07) is 18.3. The Kier molecular flexibility index (Phi) is 11.4. The first kappa shape index (κ1) is 34.0. The smallest absolute Gasteiger partial charge is 0.409 e. The van der Waals surface area contributed by atoms with Crippen molar-refractivity contribution in [3.05, 3.63) is 83.7 Å². The molecule has 12 heteroatoms. The molecule has 2 atom stereocenters. The lowest BCUT2D eigenvalue weighted by atomic mass is 10.0. The Balaban J connectivity index is 1.60. The summed E-state index contributed by atoms with van der Waals surface area (Å²) in [5, 5.41) is 13.9. The van der Waals surface area contributed by atoms with E-state index in [1.165, 1.54) is 11.0 Å². The number of carbonyl (C=O) groups is 4. The summed E-state index contributed by atoms with van der Waals surface area (Å²) < 4.78 is 10.5. The van der Waals surface area contributed by atoms with E-state index in [-0.39, 0.29) is 62.8 Å². The van der Waals surface area contributed by atoms with E-state index in [1.807, 2.05) is 24.3 Å². The number of hydrogen-bond donors (Lipinski definition) is 2. The van der Waals surface area contributed by atoms with Gasteiger partial charge in [0.25, 0.3) is 5.91 Å². The molecule has 0 spiro atoms. The summed E-state index contributed by atoms with van der Waals surface area (Å²) in [7, 11) is 0. The van der Waals surface area contributed by atoms with Crippen molar-refractivity contribution in [2.75, 3.05) is 32.8 Å². The number of amides is 3. The molecular weight excluding hydrogens is 590 g/mol. The van der Waals surface area contributed by atoms with Gasteiger partial charge < -0.3 is 29.7 Å². The third kappa shape index (κ3) is 9.33. The fraction of sp³-hybridized carbons (Fsp3) is 0.412. The highest BCUT2D eigenvalue weighted by Gasteiger charge is 2.32. The molecule has 1 aromatic heterocycles. The molecule has 1 aliphatic heterocycles. The number of nitrogens with zero attached hydrogens (tertiary/aromatic N) is 4. The van der Waals surface area contributed by atoms with Gasteiger partial charge in [-0.2, -0.15) is 0 Å². The second kappa shape index (κ2) is 15.4. The first-order chi connectivity index (χ1) is 21.9. The minimum Gasteiger partial charge on any atom is -0.460 e. The molecule has 0 radical (unpaired) electrons. The van der Waals surface area contributed by atoms with Gasteiger partial charge in [0.2, 0.25) is 5.91 Å². The number of aromatic nitrogens is 2. The van der Waals surface area contributed by atoms with Gasteiger partial charge in [-0.3, -0.25) is 14.4 Å². The van der Waals surface area contributed by atoms with Gasteiger partial charge in [0.05, 0.1) is 12.3 Å². The van der Waals surface area contributed by atoms with Gasteiger partial charge in [0.15, 0.2) is 5.82 Å². The number of hydrogen-bond acceptors (Lipinski definition) is 9. The van der Waals surface area contributed by atoms with Gasteiger partial charge >= 0.3 is 12.1 Å². The molecule has 2 N–H and O–H groups in total. The van der Waals surface area contributed by atoms with Crippen LogP contribution in [0.3, 0.4) is 0 Å². The van der Waals surface area contributed by atoms with Crippen molar-refractivity contribution >= 4 is 23.9 Å². The Bertz CT molecular complexity index is 1500. The lowest BCUT2D eigenvalue weighted by molar-refractivity contribution is -0.155. The molecule has 46 heavy (non-hydrogen) atoms. The van der Waals surface area contributed by atoms with Crippen LogP contribution < -0.4 is 5.32 Å². The maximum Gasteiger partial charge on any atom is 0.409 e. The van der Waals surface area contributed by atoms with E-state index in [2.05, 4.69) is 15.3 Å². The van der Waals surface area contributed by atoms with Crippen molar-refractivity contribution < 1.29 is 33.8 Å². The van der Waals surface area contributed by atoms with Crippen LogP contribution >= 0.6 is 0 Å². The third-order valence-corrected chi connectivity index (χ3v) is 7.18. The minimum absolute atomic E-state index is 0.0201. The van der Waals surface area contributed by atoms with E-state index < -0.39 is 41.6 Å². The lowest BCUT2D eigenvalue weighted by Crippen LogP contribution is -2.56. The summed E-state index contributed by atoms with van der Waals surface area (Å²) >= 11 is 0. The highest BCUT2D eigenvalue weighted by molar-refractivity contribution is 5.96. The van der Waals surface area contributed by atoms with Crippen molar-refractivity contribution in [1.82, 2.24) is 25.1 Å². The molecule has 0 saturated carbocycles. The SMILES string of the molecule is CCOC(=O)N1CCN(C(=O)[C@H](CCC(=O)OC(C)(C)C)NC(=O)c2cc(C(O)c3ccccc3)nc(-c3ccccc3)n2)CC1.